The fourth-order valence-electron chi connectivity index (χ4n) is 8.79. The summed E-state index contributed by atoms with van der Waals surface area (Å²) in [5, 5.41) is 11.0. The van der Waals surface area contributed by atoms with E-state index < -0.39 is 17.6 Å². The van der Waals surface area contributed by atoms with Crippen molar-refractivity contribution in [2.75, 3.05) is 34.2 Å². The van der Waals surface area contributed by atoms with Crippen LogP contribution >= 0.6 is 0 Å². The Hall–Kier alpha value is -4.00. The Morgan fingerprint density at radius 1 is 1.07 bits per heavy atom. The van der Waals surface area contributed by atoms with E-state index in [1.54, 1.807) is 18.0 Å². The molecule has 1 saturated heterocycles. The second kappa shape index (κ2) is 11.4. The van der Waals surface area contributed by atoms with Crippen LogP contribution in [-0.4, -0.2) is 78.1 Å². The number of carbonyl (C=O) groups excluding carboxylic acids is 1. The van der Waals surface area contributed by atoms with Gasteiger partial charge in [-0.15, -0.1) is 0 Å². The monoisotopic (exact) mass is 629 g/mol. The molecule has 2 aliphatic heterocycles. The van der Waals surface area contributed by atoms with E-state index in [9.17, 15) is 23.1 Å². The van der Waals surface area contributed by atoms with Crippen molar-refractivity contribution in [1.29, 1.82) is 0 Å². The number of amides is 1. The van der Waals surface area contributed by atoms with Gasteiger partial charge in [-0.1, -0.05) is 42.3 Å². The minimum absolute atomic E-state index is 0.133. The summed E-state index contributed by atoms with van der Waals surface area (Å²) in [5.41, 5.74) is 2.87. The van der Waals surface area contributed by atoms with E-state index in [1.807, 2.05) is 12.1 Å². The number of alkyl halides is 3. The predicted octanol–water partition coefficient (Wildman–Crippen LogP) is 5.63. The number of halogens is 3. The van der Waals surface area contributed by atoms with Crippen molar-refractivity contribution in [2.45, 2.75) is 61.5 Å². The maximum absolute atomic E-state index is 13.4. The zero-order valence-corrected chi connectivity index (χ0v) is 26.2. The summed E-state index contributed by atoms with van der Waals surface area (Å²) < 4.78 is 45.6. The van der Waals surface area contributed by atoms with Crippen LogP contribution in [0.4, 0.5) is 13.2 Å². The van der Waals surface area contributed by atoms with Crippen molar-refractivity contribution in [1.82, 2.24) is 14.7 Å². The molecular weight excluding hydrogens is 591 g/mol. The first-order chi connectivity index (χ1) is 22.0. The lowest BCUT2D eigenvalue weighted by molar-refractivity contribution is -0.137. The number of phenolic OH excluding ortho intramolecular Hbond substituents is 1. The lowest BCUT2D eigenvalue weighted by atomic mass is 9.51. The van der Waals surface area contributed by atoms with E-state index in [1.165, 1.54) is 23.3 Å². The predicted molar refractivity (Wildman–Crippen MR) is 168 cm³/mol. The molecule has 46 heavy (non-hydrogen) atoms. The van der Waals surface area contributed by atoms with Crippen molar-refractivity contribution >= 4 is 5.91 Å². The maximum Gasteiger partial charge on any atom is 0.416 e. The summed E-state index contributed by atoms with van der Waals surface area (Å²) >= 11 is 0. The summed E-state index contributed by atoms with van der Waals surface area (Å²) in [6.45, 7) is 1.78. The first-order valence-corrected chi connectivity index (χ1v) is 15.9. The van der Waals surface area contributed by atoms with Crippen LogP contribution in [0.25, 0.3) is 0 Å². The Labute approximate surface area is 267 Å². The number of likely N-dealkylation sites (tertiary alicyclic amines) is 1. The van der Waals surface area contributed by atoms with Gasteiger partial charge in [-0.3, -0.25) is 9.69 Å². The number of rotatable bonds is 5. The first-order valence-electron chi connectivity index (χ1n) is 15.9. The van der Waals surface area contributed by atoms with Crippen molar-refractivity contribution in [3.63, 3.8) is 0 Å². The second-order valence-electron chi connectivity index (χ2n) is 13.4. The molecule has 1 N–H and O–H groups in total. The number of carbonyl (C=O) groups is 1. The molecule has 1 saturated carbocycles. The highest BCUT2D eigenvalue weighted by molar-refractivity contribution is 5.94. The number of phenols is 1. The largest absolute Gasteiger partial charge is 0.504 e. The summed E-state index contributed by atoms with van der Waals surface area (Å²) in [6.07, 6.45) is -1.39. The van der Waals surface area contributed by atoms with Crippen LogP contribution in [0.3, 0.4) is 0 Å². The number of hydrogen-bond acceptors (Lipinski definition) is 5. The summed E-state index contributed by atoms with van der Waals surface area (Å²) in [6, 6.07) is 19.2. The Bertz CT molecular complexity index is 1700. The SMILES string of the molecule is CN(C)C(CN1CC[C@]23c4c5ccc(O)c4O[C@H]2[C@@H](N(C)C(=O)C#Cc2ccc(C(F)(F)F)cc2)CC[C@H]3[C@H]1C5)c1ccccc1. The van der Waals surface area contributed by atoms with Crippen molar-refractivity contribution < 1.29 is 27.8 Å². The highest BCUT2D eigenvalue weighted by Crippen LogP contribution is 2.64. The highest BCUT2D eigenvalue weighted by Gasteiger charge is 2.66. The van der Waals surface area contributed by atoms with E-state index in [4.69, 9.17) is 4.74 Å². The van der Waals surface area contributed by atoms with Crippen LogP contribution in [0.2, 0.25) is 0 Å². The number of piperidine rings is 1. The van der Waals surface area contributed by atoms with Gasteiger partial charge in [0.1, 0.15) is 6.10 Å². The number of ether oxygens (including phenoxy) is 1. The molecule has 0 radical (unpaired) electrons. The number of aromatic hydroxyl groups is 1. The Morgan fingerprint density at radius 2 is 1.80 bits per heavy atom. The molecule has 2 aliphatic carbocycles. The van der Waals surface area contributed by atoms with Gasteiger partial charge in [0.15, 0.2) is 11.5 Å². The fraction of sp³-hybridized carbons (Fsp3) is 0.432. The summed E-state index contributed by atoms with van der Waals surface area (Å²) in [4.78, 5) is 20.0. The third-order valence-corrected chi connectivity index (χ3v) is 11.0. The zero-order valence-electron chi connectivity index (χ0n) is 26.2. The van der Waals surface area contributed by atoms with Gasteiger partial charge in [0.05, 0.1) is 11.6 Å². The zero-order chi connectivity index (χ0) is 32.4. The van der Waals surface area contributed by atoms with Gasteiger partial charge in [0.25, 0.3) is 5.91 Å². The quantitative estimate of drug-likeness (QED) is 0.371. The molecule has 240 valence electrons. The van der Waals surface area contributed by atoms with Gasteiger partial charge >= 0.3 is 6.18 Å². The molecule has 3 aromatic rings. The van der Waals surface area contributed by atoms with E-state index in [-0.39, 0.29) is 29.4 Å². The van der Waals surface area contributed by atoms with Crippen molar-refractivity contribution in [2.24, 2.45) is 5.92 Å². The van der Waals surface area contributed by atoms with Gasteiger partial charge in [-0.25, -0.2) is 0 Å². The number of nitrogens with zero attached hydrogens (tertiary/aromatic N) is 3. The number of benzene rings is 3. The van der Waals surface area contributed by atoms with Crippen molar-refractivity contribution in [3.8, 4) is 23.3 Å². The molecule has 2 fully saturated rings. The fourth-order valence-corrected chi connectivity index (χ4v) is 8.79. The van der Waals surface area contributed by atoms with Crippen LogP contribution in [-0.2, 0) is 22.8 Å². The third kappa shape index (κ3) is 4.94. The standard InChI is InChI=1S/C37H38F3N3O3/c1-41(2)30(24-7-5-4-6-8-24)22-43-20-19-36-27-15-16-28(35(36)46-34-31(44)17-12-25(33(34)36)21-29(27)43)42(3)32(45)18-11-23-9-13-26(14-10-23)37(38,39)40/h4-10,12-14,17,27-30,35,44H,15-16,19-22H2,1-3H3/t27-,28-,29+,30?,35-,36-/m0/s1. The number of likely N-dealkylation sites (N-methyl/N-ethyl adjacent to an activating group) is 2. The average molecular weight is 630 g/mol. The molecule has 2 heterocycles. The Kier molecular flexibility index (Phi) is 7.57. The minimum Gasteiger partial charge on any atom is -0.504 e. The van der Waals surface area contributed by atoms with Crippen LogP contribution in [0.5, 0.6) is 11.5 Å². The molecule has 1 amide bonds. The smallest absolute Gasteiger partial charge is 0.416 e. The molecule has 1 unspecified atom stereocenters. The van der Waals surface area contributed by atoms with Crippen molar-refractivity contribution in [3.05, 3.63) is 94.5 Å². The first kappa shape index (κ1) is 30.6. The van der Waals surface area contributed by atoms with E-state index >= 15 is 0 Å². The van der Waals surface area contributed by atoms with Crippen LogP contribution in [0, 0.1) is 17.8 Å². The highest BCUT2D eigenvalue weighted by atomic mass is 19.4. The minimum atomic E-state index is -4.43. The normalized spacial score (nSPS) is 26.8. The second-order valence-corrected chi connectivity index (χ2v) is 13.4. The topological polar surface area (TPSA) is 56.2 Å². The molecule has 4 aliphatic rings. The van der Waals surface area contributed by atoms with Gasteiger partial charge in [-0.2, -0.15) is 13.2 Å². The van der Waals surface area contributed by atoms with Crippen LogP contribution < -0.4 is 4.74 Å². The van der Waals surface area contributed by atoms with Gasteiger partial charge in [0, 0.05) is 48.1 Å². The lowest BCUT2D eigenvalue weighted by Crippen LogP contribution is -2.69. The Balaban J connectivity index is 1.17. The average Bonchev–Trinajstić information content (AvgIpc) is 3.39. The molecule has 7 rings (SSSR count). The van der Waals surface area contributed by atoms with E-state index in [2.05, 4.69) is 60.0 Å². The number of hydrogen-bond donors (Lipinski definition) is 1. The van der Waals surface area contributed by atoms with Gasteiger partial charge in [-0.05, 0) is 93.7 Å². The molecule has 0 aromatic heterocycles. The molecular formula is C37H38F3N3O3. The Morgan fingerprint density at radius 3 is 2.50 bits per heavy atom. The molecule has 6 nitrogen and oxygen atoms in total. The van der Waals surface area contributed by atoms with Crippen LogP contribution in [0.15, 0.2) is 66.7 Å². The van der Waals surface area contributed by atoms with Crippen LogP contribution in [0.1, 0.15) is 53.1 Å². The van der Waals surface area contributed by atoms with Gasteiger partial charge < -0.3 is 19.6 Å². The lowest BCUT2D eigenvalue weighted by Gasteiger charge is -2.60. The molecule has 9 heteroatoms. The van der Waals surface area contributed by atoms with E-state index in [0.29, 0.717) is 23.3 Å². The maximum atomic E-state index is 13.4. The molecule has 6 atom stereocenters. The molecule has 2 bridgehead atoms. The molecule has 3 aromatic carbocycles. The molecule has 1 spiro atoms. The van der Waals surface area contributed by atoms with Gasteiger partial charge in [0.2, 0.25) is 0 Å². The van der Waals surface area contributed by atoms with E-state index in [0.717, 1.165) is 56.5 Å². The summed E-state index contributed by atoms with van der Waals surface area (Å²) in [5.74, 6) is 5.97. The summed E-state index contributed by atoms with van der Waals surface area (Å²) in [7, 11) is 6.00. The third-order valence-electron chi connectivity index (χ3n) is 11.0.